The van der Waals surface area contributed by atoms with Crippen LogP contribution in [0.2, 0.25) is 0 Å². The fourth-order valence-corrected chi connectivity index (χ4v) is 4.28. The minimum absolute atomic E-state index is 0.0686. The lowest BCUT2D eigenvalue weighted by molar-refractivity contribution is -0.117. The zero-order chi connectivity index (χ0) is 12.8. The summed E-state index contributed by atoms with van der Waals surface area (Å²) in [5.74, 6) is -0.0686. The molecule has 4 heteroatoms. The molecule has 0 spiro atoms. The van der Waals surface area contributed by atoms with Gasteiger partial charge in [-0.25, -0.2) is 0 Å². The van der Waals surface area contributed by atoms with Gasteiger partial charge >= 0.3 is 0 Å². The SMILES string of the molecule is CC(=O)NC(=S)N1CC2(C)CC1CC(C)(C)C2. The van der Waals surface area contributed by atoms with Crippen LogP contribution in [0.1, 0.15) is 47.0 Å². The molecule has 0 aromatic heterocycles. The minimum atomic E-state index is -0.0686. The molecule has 1 aliphatic heterocycles. The predicted octanol–water partition coefficient (Wildman–Crippen LogP) is 2.31. The third kappa shape index (κ3) is 2.62. The minimum Gasteiger partial charge on any atom is -0.345 e. The molecule has 2 atom stereocenters. The van der Waals surface area contributed by atoms with Crippen molar-refractivity contribution in [2.45, 2.75) is 53.0 Å². The van der Waals surface area contributed by atoms with Crippen molar-refractivity contribution in [3.05, 3.63) is 0 Å². The first kappa shape index (κ1) is 12.8. The summed E-state index contributed by atoms with van der Waals surface area (Å²) in [6, 6.07) is 0.503. The molecule has 0 aromatic carbocycles. The smallest absolute Gasteiger partial charge is 0.222 e. The number of nitrogens with zero attached hydrogens (tertiary/aromatic N) is 1. The van der Waals surface area contributed by atoms with Gasteiger partial charge in [-0.15, -0.1) is 0 Å². The van der Waals surface area contributed by atoms with Crippen molar-refractivity contribution in [1.82, 2.24) is 10.2 Å². The summed E-state index contributed by atoms with van der Waals surface area (Å²) in [6.45, 7) is 9.52. The predicted molar refractivity (Wildman–Crippen MR) is 72.6 cm³/mol. The molecule has 0 aromatic rings. The monoisotopic (exact) mass is 254 g/mol. The van der Waals surface area contributed by atoms with Gasteiger partial charge in [0.2, 0.25) is 5.91 Å². The van der Waals surface area contributed by atoms with E-state index in [9.17, 15) is 4.79 Å². The molecule has 1 saturated carbocycles. The first-order valence-corrected chi connectivity index (χ1v) is 6.70. The molecule has 0 radical (unpaired) electrons. The zero-order valence-electron chi connectivity index (χ0n) is 11.2. The van der Waals surface area contributed by atoms with Crippen LogP contribution in [0.15, 0.2) is 0 Å². The van der Waals surface area contributed by atoms with Crippen molar-refractivity contribution in [2.75, 3.05) is 6.54 Å². The first-order valence-electron chi connectivity index (χ1n) is 6.29. The molecule has 3 nitrogen and oxygen atoms in total. The number of rotatable bonds is 0. The lowest BCUT2D eigenvalue weighted by Crippen LogP contribution is -2.44. The first-order chi connectivity index (χ1) is 7.71. The van der Waals surface area contributed by atoms with Gasteiger partial charge in [-0.1, -0.05) is 20.8 Å². The summed E-state index contributed by atoms with van der Waals surface area (Å²) in [5, 5.41) is 3.38. The van der Waals surface area contributed by atoms with Crippen molar-refractivity contribution in [3.63, 3.8) is 0 Å². The Morgan fingerprint density at radius 2 is 2.00 bits per heavy atom. The van der Waals surface area contributed by atoms with Crippen molar-refractivity contribution in [2.24, 2.45) is 10.8 Å². The molecule has 1 heterocycles. The van der Waals surface area contributed by atoms with Crippen LogP contribution in [0.4, 0.5) is 0 Å². The average molecular weight is 254 g/mol. The Balaban J connectivity index is 2.13. The van der Waals surface area contributed by atoms with Crippen molar-refractivity contribution in [3.8, 4) is 0 Å². The maximum Gasteiger partial charge on any atom is 0.222 e. The molecule has 2 rings (SSSR count). The van der Waals surface area contributed by atoms with Crippen LogP contribution < -0.4 is 5.32 Å². The van der Waals surface area contributed by atoms with Crippen LogP contribution in [-0.2, 0) is 4.79 Å². The summed E-state index contributed by atoms with van der Waals surface area (Å²) in [7, 11) is 0. The molecule has 1 N–H and O–H groups in total. The van der Waals surface area contributed by atoms with E-state index >= 15 is 0 Å². The second-order valence-electron chi connectivity index (χ2n) is 6.83. The quantitative estimate of drug-likeness (QED) is 0.673. The number of hydrogen-bond donors (Lipinski definition) is 1. The number of amides is 1. The molecule has 1 amide bonds. The Labute approximate surface area is 109 Å². The molecule has 1 aliphatic carbocycles. The molecule has 2 aliphatic rings. The van der Waals surface area contributed by atoms with E-state index in [2.05, 4.69) is 31.0 Å². The van der Waals surface area contributed by atoms with Crippen LogP contribution in [0.3, 0.4) is 0 Å². The molecule has 2 unspecified atom stereocenters. The van der Waals surface area contributed by atoms with E-state index in [1.165, 1.54) is 26.2 Å². The number of thiocarbonyl (C=S) groups is 1. The van der Waals surface area contributed by atoms with E-state index in [0.717, 1.165) is 6.54 Å². The zero-order valence-corrected chi connectivity index (χ0v) is 12.0. The van der Waals surface area contributed by atoms with Gasteiger partial charge in [0.1, 0.15) is 0 Å². The topological polar surface area (TPSA) is 32.3 Å². The van der Waals surface area contributed by atoms with Crippen LogP contribution in [0.25, 0.3) is 0 Å². The summed E-state index contributed by atoms with van der Waals surface area (Å²) < 4.78 is 0. The number of fused-ring (bicyclic) bond motifs is 2. The Hall–Kier alpha value is -0.640. The van der Waals surface area contributed by atoms with Gasteiger partial charge in [0.05, 0.1) is 0 Å². The standard InChI is InChI=1S/C13H22N2OS/c1-9(16)14-11(17)15-8-13(4)6-10(15)5-12(2,3)7-13/h10H,5-8H2,1-4H3,(H,14,16,17). The summed E-state index contributed by atoms with van der Waals surface area (Å²) in [6.07, 6.45) is 3.62. The lowest BCUT2D eigenvalue weighted by Gasteiger charge is -2.39. The van der Waals surface area contributed by atoms with Gasteiger partial charge in [-0.2, -0.15) is 0 Å². The van der Waals surface area contributed by atoms with Crippen molar-refractivity contribution >= 4 is 23.2 Å². The van der Waals surface area contributed by atoms with Gasteiger partial charge in [0.15, 0.2) is 5.11 Å². The van der Waals surface area contributed by atoms with Gasteiger partial charge in [-0.05, 0) is 42.3 Å². The molecule has 2 bridgehead atoms. The van der Waals surface area contributed by atoms with Gasteiger partial charge in [0, 0.05) is 19.5 Å². The Morgan fingerprint density at radius 3 is 2.59 bits per heavy atom. The highest BCUT2D eigenvalue weighted by molar-refractivity contribution is 7.80. The van der Waals surface area contributed by atoms with E-state index in [0.29, 0.717) is 22.0 Å². The van der Waals surface area contributed by atoms with Crippen LogP contribution >= 0.6 is 12.2 Å². The van der Waals surface area contributed by atoms with Gasteiger partial charge in [0.25, 0.3) is 0 Å². The number of likely N-dealkylation sites (tertiary alicyclic amines) is 1. The number of carbonyl (C=O) groups excluding carboxylic acids is 1. The van der Waals surface area contributed by atoms with E-state index in [-0.39, 0.29) is 5.91 Å². The highest BCUT2D eigenvalue weighted by atomic mass is 32.1. The summed E-state index contributed by atoms with van der Waals surface area (Å²) >= 11 is 5.33. The molecule has 96 valence electrons. The van der Waals surface area contributed by atoms with E-state index in [1.54, 1.807) is 0 Å². The number of nitrogens with one attached hydrogen (secondary N) is 1. The Morgan fingerprint density at radius 1 is 1.35 bits per heavy atom. The van der Waals surface area contributed by atoms with Crippen molar-refractivity contribution in [1.29, 1.82) is 0 Å². The fraction of sp³-hybridized carbons (Fsp3) is 0.846. The molecule has 17 heavy (non-hydrogen) atoms. The maximum absolute atomic E-state index is 11.1. The molecular formula is C13H22N2OS. The summed E-state index contributed by atoms with van der Waals surface area (Å²) in [4.78, 5) is 13.3. The van der Waals surface area contributed by atoms with E-state index in [4.69, 9.17) is 12.2 Å². The highest BCUT2D eigenvalue weighted by Gasteiger charge is 2.50. The second-order valence-corrected chi connectivity index (χ2v) is 7.21. The largest absolute Gasteiger partial charge is 0.345 e. The molecular weight excluding hydrogens is 232 g/mol. The number of hydrogen-bond acceptors (Lipinski definition) is 2. The number of carbonyl (C=O) groups is 1. The maximum atomic E-state index is 11.1. The molecule has 1 saturated heterocycles. The average Bonchev–Trinajstić information content (AvgIpc) is 2.33. The van der Waals surface area contributed by atoms with E-state index in [1.807, 2.05) is 0 Å². The fourth-order valence-electron chi connectivity index (χ4n) is 3.92. The third-order valence-corrected chi connectivity index (χ3v) is 4.30. The van der Waals surface area contributed by atoms with Crippen LogP contribution in [0, 0.1) is 10.8 Å². The van der Waals surface area contributed by atoms with Gasteiger partial charge in [-0.3, -0.25) is 4.79 Å². The second kappa shape index (κ2) is 3.94. The van der Waals surface area contributed by atoms with E-state index < -0.39 is 0 Å². The van der Waals surface area contributed by atoms with Crippen LogP contribution in [-0.4, -0.2) is 28.5 Å². The Kier molecular flexibility index (Phi) is 2.97. The lowest BCUT2D eigenvalue weighted by atomic mass is 9.65. The summed E-state index contributed by atoms with van der Waals surface area (Å²) in [5.41, 5.74) is 0.743. The van der Waals surface area contributed by atoms with Gasteiger partial charge < -0.3 is 10.2 Å². The Bertz CT molecular complexity index is 366. The normalized spacial score (nSPS) is 34.6. The van der Waals surface area contributed by atoms with Crippen LogP contribution in [0.5, 0.6) is 0 Å². The highest BCUT2D eigenvalue weighted by Crippen LogP contribution is 2.52. The van der Waals surface area contributed by atoms with Crippen molar-refractivity contribution < 1.29 is 4.79 Å². The third-order valence-electron chi connectivity index (χ3n) is 3.96. The molecule has 2 fully saturated rings.